The Balaban J connectivity index is 2.77. The van der Waals surface area contributed by atoms with Crippen molar-refractivity contribution in [2.75, 3.05) is 19.1 Å². The molecule has 0 spiro atoms. The normalized spacial score (nSPS) is 27.1. The zero-order valence-corrected chi connectivity index (χ0v) is 17.0. The van der Waals surface area contributed by atoms with E-state index in [-0.39, 0.29) is 35.3 Å². The van der Waals surface area contributed by atoms with Gasteiger partial charge in [-0.1, -0.05) is 20.8 Å². The van der Waals surface area contributed by atoms with Gasteiger partial charge in [0.1, 0.15) is 5.60 Å². The van der Waals surface area contributed by atoms with Gasteiger partial charge in [-0.3, -0.25) is 4.79 Å². The van der Waals surface area contributed by atoms with Gasteiger partial charge in [0.25, 0.3) is 0 Å². The molecule has 1 saturated carbocycles. The molecule has 0 aromatic rings. The predicted molar refractivity (Wildman–Crippen MR) is 97.8 cm³/mol. The highest BCUT2D eigenvalue weighted by Gasteiger charge is 2.41. The lowest BCUT2D eigenvalue weighted by Crippen LogP contribution is -2.32. The Labute approximate surface area is 143 Å². The summed E-state index contributed by atoms with van der Waals surface area (Å²) in [5, 5.41) is 9.52. The summed E-state index contributed by atoms with van der Waals surface area (Å²) in [4.78, 5) is 12.2. The van der Waals surface area contributed by atoms with Crippen LogP contribution in [0, 0.1) is 11.8 Å². The number of carbonyl (C=O) groups is 1. The van der Waals surface area contributed by atoms with Crippen LogP contribution in [0.5, 0.6) is 0 Å². The minimum absolute atomic E-state index is 0.0314. The van der Waals surface area contributed by atoms with E-state index in [9.17, 15) is 9.90 Å². The number of aliphatic hydroxyl groups excluding tert-OH is 1. The quantitative estimate of drug-likeness (QED) is 0.766. The maximum Gasteiger partial charge on any atom is 0.306 e. The molecule has 0 aromatic heterocycles. The molecular weight excluding hydrogens is 312 g/mol. The Bertz CT molecular complexity index is 406. The first kappa shape index (κ1) is 20.8. The minimum atomic E-state index is -1.25. The van der Waals surface area contributed by atoms with E-state index in [4.69, 9.17) is 8.92 Å². The van der Waals surface area contributed by atoms with E-state index < -0.39 is 15.9 Å². The number of ether oxygens (including phenoxy) is 1. The summed E-state index contributed by atoms with van der Waals surface area (Å²) in [5.74, 6) is 0.192. The van der Waals surface area contributed by atoms with E-state index in [2.05, 4.69) is 33.3 Å². The van der Waals surface area contributed by atoms with Crippen molar-refractivity contribution in [3.8, 4) is 0 Å². The smallest absolute Gasteiger partial charge is 0.306 e. The Kier molecular flexibility index (Phi) is 6.62. The Morgan fingerprint density at radius 1 is 1.13 bits per heavy atom. The van der Waals surface area contributed by atoms with Gasteiger partial charge in [-0.05, 0) is 58.0 Å². The summed E-state index contributed by atoms with van der Waals surface area (Å²) in [6.45, 7) is 12.4. The highest BCUT2D eigenvalue weighted by molar-refractivity contribution is 8.29. The van der Waals surface area contributed by atoms with Gasteiger partial charge in [0.2, 0.25) is 0 Å². The lowest BCUT2D eigenvalue weighted by Gasteiger charge is -2.46. The number of carbonyl (C=O) groups excluding carboxylic acids is 1. The predicted octanol–water partition coefficient (Wildman–Crippen LogP) is 3.90. The van der Waals surface area contributed by atoms with E-state index in [1.165, 1.54) is 0 Å². The first-order valence-corrected chi connectivity index (χ1v) is 10.9. The fraction of sp³-hybridized carbons (Fsp3) is 0.944. The topological polar surface area (TPSA) is 55.8 Å². The second kappa shape index (κ2) is 7.32. The van der Waals surface area contributed by atoms with Crippen LogP contribution < -0.4 is 0 Å². The van der Waals surface area contributed by atoms with Crippen molar-refractivity contribution in [3.05, 3.63) is 0 Å². The van der Waals surface area contributed by atoms with Gasteiger partial charge in [0, 0.05) is 11.4 Å². The van der Waals surface area contributed by atoms with Crippen LogP contribution in [0.1, 0.15) is 60.8 Å². The molecule has 0 unspecified atom stereocenters. The van der Waals surface area contributed by atoms with Gasteiger partial charge in [0.05, 0.1) is 12.5 Å². The zero-order valence-electron chi connectivity index (χ0n) is 16.1. The lowest BCUT2D eigenvalue weighted by molar-refractivity contribution is -0.156. The van der Waals surface area contributed by atoms with Crippen LogP contribution in [0.2, 0.25) is 0 Å². The minimum Gasteiger partial charge on any atom is -0.460 e. The average Bonchev–Trinajstić information content (AvgIpc) is 2.66. The number of aliphatic hydroxyl groups is 1. The monoisotopic (exact) mass is 348 g/mol. The summed E-state index contributed by atoms with van der Waals surface area (Å²) in [6.07, 6.45) is 6.44. The van der Waals surface area contributed by atoms with Crippen molar-refractivity contribution in [2.24, 2.45) is 11.8 Å². The maximum atomic E-state index is 12.2. The van der Waals surface area contributed by atoms with Gasteiger partial charge >= 0.3 is 5.97 Å². The standard InChI is InChI=1S/C18H36O4S/c1-17(2,3)21-16(20)11-14-9-13(12-19)10-15(14)22-23(7,8)18(4,5)6/h13-15,19H,9-12H2,1-8H3/t13-,14-,15-/m0/s1. The lowest BCUT2D eigenvalue weighted by atomic mass is 10.0. The first-order valence-electron chi connectivity index (χ1n) is 8.49. The van der Waals surface area contributed by atoms with Crippen LogP contribution in [-0.4, -0.2) is 46.6 Å². The number of rotatable bonds is 5. The zero-order chi connectivity index (χ0) is 18.1. The fourth-order valence-corrected chi connectivity index (χ4v) is 3.87. The van der Waals surface area contributed by atoms with E-state index >= 15 is 0 Å². The second-order valence-corrected chi connectivity index (χ2v) is 12.9. The summed E-state index contributed by atoms with van der Waals surface area (Å²) in [7, 11) is -1.25. The first-order chi connectivity index (χ1) is 10.2. The van der Waals surface area contributed by atoms with Gasteiger partial charge in [-0.2, -0.15) is 0 Å². The van der Waals surface area contributed by atoms with Crippen LogP contribution in [0.4, 0.5) is 0 Å². The van der Waals surface area contributed by atoms with Crippen molar-refractivity contribution in [3.63, 3.8) is 0 Å². The highest BCUT2D eigenvalue weighted by Crippen LogP contribution is 2.57. The molecule has 0 saturated heterocycles. The van der Waals surface area contributed by atoms with Crippen LogP contribution in [0.15, 0.2) is 0 Å². The molecule has 1 rings (SSSR count). The number of esters is 1. The highest BCUT2D eigenvalue weighted by atomic mass is 32.3. The molecule has 5 heteroatoms. The van der Waals surface area contributed by atoms with Crippen LogP contribution in [0.25, 0.3) is 0 Å². The molecule has 0 aliphatic heterocycles. The molecule has 0 radical (unpaired) electrons. The van der Waals surface area contributed by atoms with E-state index in [0.29, 0.717) is 6.42 Å². The summed E-state index contributed by atoms with van der Waals surface area (Å²) < 4.78 is 12.1. The van der Waals surface area contributed by atoms with Crippen molar-refractivity contribution in [1.29, 1.82) is 0 Å². The van der Waals surface area contributed by atoms with E-state index in [0.717, 1.165) is 12.8 Å². The Morgan fingerprint density at radius 3 is 2.13 bits per heavy atom. The molecular formula is C18H36O4S. The third-order valence-electron chi connectivity index (χ3n) is 4.67. The van der Waals surface area contributed by atoms with E-state index in [1.807, 2.05) is 20.8 Å². The molecule has 1 N–H and O–H groups in total. The summed E-state index contributed by atoms with van der Waals surface area (Å²) in [5.41, 5.74) is -0.460. The van der Waals surface area contributed by atoms with Crippen molar-refractivity contribution in [2.45, 2.75) is 77.3 Å². The molecule has 23 heavy (non-hydrogen) atoms. The van der Waals surface area contributed by atoms with Crippen LogP contribution >= 0.6 is 10.3 Å². The molecule has 0 bridgehead atoms. The third kappa shape index (κ3) is 6.28. The van der Waals surface area contributed by atoms with Crippen molar-refractivity contribution < 1.29 is 18.8 Å². The molecule has 3 atom stereocenters. The second-order valence-electron chi connectivity index (χ2n) is 9.05. The van der Waals surface area contributed by atoms with E-state index in [1.54, 1.807) is 0 Å². The fourth-order valence-electron chi connectivity index (χ4n) is 2.73. The largest absolute Gasteiger partial charge is 0.460 e. The molecule has 0 heterocycles. The van der Waals surface area contributed by atoms with Crippen LogP contribution in [0.3, 0.4) is 0 Å². The molecule has 1 fully saturated rings. The third-order valence-corrected chi connectivity index (χ3v) is 8.35. The molecule has 4 nitrogen and oxygen atoms in total. The number of hydrogen-bond donors (Lipinski definition) is 1. The molecule has 1 aliphatic carbocycles. The molecule has 0 amide bonds. The number of hydrogen-bond acceptors (Lipinski definition) is 4. The Morgan fingerprint density at radius 2 is 1.70 bits per heavy atom. The SMILES string of the molecule is CC(C)(C)OC(=O)C[C@@H]1C[C@H](CO)C[C@@H]1OS(C)(C)C(C)(C)C. The van der Waals surface area contributed by atoms with Crippen molar-refractivity contribution >= 4 is 16.3 Å². The van der Waals surface area contributed by atoms with Crippen molar-refractivity contribution in [1.82, 2.24) is 0 Å². The molecule has 0 aromatic carbocycles. The van der Waals surface area contributed by atoms with Gasteiger partial charge in [-0.15, -0.1) is 10.3 Å². The summed E-state index contributed by atoms with van der Waals surface area (Å²) in [6, 6.07) is 0. The molecule has 138 valence electrons. The maximum absolute atomic E-state index is 12.2. The van der Waals surface area contributed by atoms with Gasteiger partial charge in [0.15, 0.2) is 0 Å². The van der Waals surface area contributed by atoms with Crippen LogP contribution in [-0.2, 0) is 13.7 Å². The van der Waals surface area contributed by atoms with Gasteiger partial charge in [-0.25, -0.2) is 0 Å². The molecule has 1 aliphatic rings. The summed E-state index contributed by atoms with van der Waals surface area (Å²) >= 11 is 0. The Hall–Kier alpha value is -0.260. The van der Waals surface area contributed by atoms with Gasteiger partial charge < -0.3 is 14.0 Å². The average molecular weight is 349 g/mol.